The average Bonchev–Trinajstić information content (AvgIpc) is 2.78. The number of ether oxygens (including phenoxy) is 1. The first-order valence-electron chi connectivity index (χ1n) is 9.99. The molecule has 3 N–H and O–H groups in total. The summed E-state index contributed by atoms with van der Waals surface area (Å²) in [6.45, 7) is 2.59. The maximum atomic E-state index is 12.3. The van der Waals surface area contributed by atoms with Crippen LogP contribution >= 0.6 is 0 Å². The second-order valence-corrected chi connectivity index (χ2v) is 8.13. The largest absolute Gasteiger partial charge is 0.479 e. The van der Waals surface area contributed by atoms with Crippen LogP contribution in [0.5, 0.6) is 5.88 Å². The Bertz CT molecular complexity index is 932. The number of aromatic nitrogens is 2. The van der Waals surface area contributed by atoms with Gasteiger partial charge in [0.2, 0.25) is 11.7 Å². The Morgan fingerprint density at radius 3 is 2.50 bits per heavy atom. The van der Waals surface area contributed by atoms with E-state index in [9.17, 15) is 4.79 Å². The summed E-state index contributed by atoms with van der Waals surface area (Å²) in [7, 11) is 3.44. The zero-order valence-corrected chi connectivity index (χ0v) is 17.7. The van der Waals surface area contributed by atoms with E-state index in [0.29, 0.717) is 12.2 Å². The number of anilines is 1. The first-order chi connectivity index (χ1) is 14.4. The number of carbonyl (C=O) groups excluding carboxylic acids is 1. The Kier molecular flexibility index (Phi) is 6.22. The monoisotopic (exact) mass is 408 g/mol. The molecule has 2 amide bonds. The molecule has 0 saturated heterocycles. The fraction of sp³-hybridized carbons (Fsp3) is 0.455. The molecule has 2 aromatic rings. The third-order valence-electron chi connectivity index (χ3n) is 6.24. The SMILES string of the molecule is CNC1(c2ccccc2)CCC(C)(CN(C(N)=O)c2cnc(C#N)nc2OC)CC1. The van der Waals surface area contributed by atoms with Gasteiger partial charge in [-0.05, 0) is 43.7 Å². The summed E-state index contributed by atoms with van der Waals surface area (Å²) in [5.74, 6) is 0.138. The molecule has 1 aromatic carbocycles. The number of hydrogen-bond donors (Lipinski definition) is 2. The van der Waals surface area contributed by atoms with Gasteiger partial charge in [-0.2, -0.15) is 10.2 Å². The molecule has 1 aliphatic carbocycles. The standard InChI is InChI=1S/C22H28N6O2/c1-21(9-11-22(25-2,12-10-21)16-7-5-4-6-8-16)15-28(20(24)29)17-14-26-18(13-23)27-19(17)30-3/h4-8,14,25H,9-12,15H2,1-3H3,(H2,24,29). The van der Waals surface area contributed by atoms with Gasteiger partial charge < -0.3 is 15.8 Å². The van der Waals surface area contributed by atoms with Gasteiger partial charge in [-0.25, -0.2) is 9.78 Å². The first kappa shape index (κ1) is 21.5. The number of nitrogens with two attached hydrogens (primary N) is 1. The number of carbonyl (C=O) groups is 1. The summed E-state index contributed by atoms with van der Waals surface area (Å²) >= 11 is 0. The van der Waals surface area contributed by atoms with Crippen molar-refractivity contribution in [3.63, 3.8) is 0 Å². The van der Waals surface area contributed by atoms with Crippen LogP contribution in [0.15, 0.2) is 36.5 Å². The van der Waals surface area contributed by atoms with Gasteiger partial charge in [0.1, 0.15) is 11.8 Å². The number of nitrogens with one attached hydrogen (secondary N) is 1. The van der Waals surface area contributed by atoms with Crippen molar-refractivity contribution < 1.29 is 9.53 Å². The van der Waals surface area contributed by atoms with E-state index in [0.717, 1.165) is 25.7 Å². The second kappa shape index (κ2) is 8.67. The van der Waals surface area contributed by atoms with Gasteiger partial charge in [-0.3, -0.25) is 4.90 Å². The van der Waals surface area contributed by atoms with Gasteiger partial charge in [0.25, 0.3) is 0 Å². The Balaban J connectivity index is 1.82. The number of amides is 2. The molecule has 0 radical (unpaired) electrons. The zero-order valence-electron chi connectivity index (χ0n) is 17.7. The molecule has 8 heteroatoms. The van der Waals surface area contributed by atoms with E-state index < -0.39 is 6.03 Å². The van der Waals surface area contributed by atoms with Crippen molar-refractivity contribution in [3.05, 3.63) is 47.9 Å². The summed E-state index contributed by atoms with van der Waals surface area (Å²) in [6, 6.07) is 11.7. The number of urea groups is 1. The highest BCUT2D eigenvalue weighted by molar-refractivity contribution is 5.91. The van der Waals surface area contributed by atoms with Crippen LogP contribution in [0.25, 0.3) is 0 Å². The molecule has 3 rings (SSSR count). The van der Waals surface area contributed by atoms with Crippen LogP contribution < -0.4 is 20.7 Å². The maximum Gasteiger partial charge on any atom is 0.319 e. The predicted molar refractivity (Wildman–Crippen MR) is 114 cm³/mol. The predicted octanol–water partition coefficient (Wildman–Crippen LogP) is 2.94. The molecule has 0 atom stereocenters. The molecule has 1 aromatic heterocycles. The second-order valence-electron chi connectivity index (χ2n) is 8.13. The lowest BCUT2D eigenvalue weighted by Crippen LogP contribution is -2.50. The lowest BCUT2D eigenvalue weighted by atomic mass is 9.66. The molecule has 8 nitrogen and oxygen atoms in total. The highest BCUT2D eigenvalue weighted by atomic mass is 16.5. The molecular formula is C22H28N6O2. The molecule has 1 heterocycles. The highest BCUT2D eigenvalue weighted by Crippen LogP contribution is 2.46. The zero-order chi connectivity index (χ0) is 21.8. The minimum absolute atomic E-state index is 0.0226. The quantitative estimate of drug-likeness (QED) is 0.759. The van der Waals surface area contributed by atoms with E-state index in [-0.39, 0.29) is 22.7 Å². The lowest BCUT2D eigenvalue weighted by Gasteiger charge is -2.46. The van der Waals surface area contributed by atoms with Crippen molar-refractivity contribution in [2.75, 3.05) is 25.6 Å². The molecule has 1 saturated carbocycles. The molecule has 0 aliphatic heterocycles. The molecule has 0 spiro atoms. The molecule has 158 valence electrons. The molecule has 0 bridgehead atoms. The summed E-state index contributed by atoms with van der Waals surface area (Å²) in [4.78, 5) is 21.8. The van der Waals surface area contributed by atoms with Gasteiger partial charge >= 0.3 is 6.03 Å². The Labute approximate surface area is 177 Å². The summed E-state index contributed by atoms with van der Waals surface area (Å²) < 4.78 is 5.29. The molecule has 0 unspecified atom stereocenters. The Morgan fingerprint density at radius 2 is 1.97 bits per heavy atom. The van der Waals surface area contributed by atoms with Crippen LogP contribution in [0.2, 0.25) is 0 Å². The third-order valence-corrected chi connectivity index (χ3v) is 6.24. The van der Waals surface area contributed by atoms with E-state index in [1.54, 1.807) is 0 Å². The third kappa shape index (κ3) is 4.21. The van der Waals surface area contributed by atoms with E-state index in [1.165, 1.54) is 23.8 Å². The first-order valence-corrected chi connectivity index (χ1v) is 9.99. The van der Waals surface area contributed by atoms with Crippen LogP contribution in [0, 0.1) is 16.7 Å². The molecule has 1 fully saturated rings. The van der Waals surface area contributed by atoms with Gasteiger partial charge in [-0.1, -0.05) is 37.3 Å². The topological polar surface area (TPSA) is 117 Å². The van der Waals surface area contributed by atoms with Crippen molar-refractivity contribution in [3.8, 4) is 11.9 Å². The summed E-state index contributed by atoms with van der Waals surface area (Å²) in [6.07, 6.45) is 5.12. The molecule has 1 aliphatic rings. The number of nitrogens with zero attached hydrogens (tertiary/aromatic N) is 4. The molecular weight excluding hydrogens is 380 g/mol. The van der Waals surface area contributed by atoms with Gasteiger partial charge in [0.15, 0.2) is 0 Å². The molecule has 30 heavy (non-hydrogen) atoms. The van der Waals surface area contributed by atoms with Crippen LogP contribution in [0.3, 0.4) is 0 Å². The van der Waals surface area contributed by atoms with Gasteiger partial charge in [0.05, 0.1) is 13.3 Å². The summed E-state index contributed by atoms with van der Waals surface area (Å²) in [5, 5.41) is 12.6. The van der Waals surface area contributed by atoms with E-state index in [2.05, 4.69) is 46.5 Å². The normalized spacial score (nSPS) is 23.4. The number of primary amides is 1. The Morgan fingerprint density at radius 1 is 1.30 bits per heavy atom. The fourth-order valence-electron chi connectivity index (χ4n) is 4.29. The Hall–Kier alpha value is -3.18. The highest BCUT2D eigenvalue weighted by Gasteiger charge is 2.42. The van der Waals surface area contributed by atoms with Crippen molar-refractivity contribution in [1.29, 1.82) is 5.26 Å². The minimum atomic E-state index is -0.601. The van der Waals surface area contributed by atoms with Gasteiger partial charge in [-0.15, -0.1) is 0 Å². The fourth-order valence-corrected chi connectivity index (χ4v) is 4.29. The van der Waals surface area contributed by atoms with Crippen LogP contribution in [0.1, 0.15) is 44.0 Å². The van der Waals surface area contributed by atoms with Crippen LogP contribution in [-0.2, 0) is 5.54 Å². The van der Waals surface area contributed by atoms with Crippen LogP contribution in [0.4, 0.5) is 10.5 Å². The van der Waals surface area contributed by atoms with Crippen molar-refractivity contribution in [1.82, 2.24) is 15.3 Å². The smallest absolute Gasteiger partial charge is 0.319 e. The number of methoxy groups -OCH3 is 1. The number of hydrogen-bond acceptors (Lipinski definition) is 6. The average molecular weight is 409 g/mol. The van der Waals surface area contributed by atoms with Crippen molar-refractivity contribution >= 4 is 11.7 Å². The van der Waals surface area contributed by atoms with Crippen molar-refractivity contribution in [2.45, 2.75) is 38.1 Å². The maximum absolute atomic E-state index is 12.3. The van der Waals surface area contributed by atoms with Crippen molar-refractivity contribution in [2.24, 2.45) is 11.1 Å². The number of rotatable bonds is 6. The van der Waals surface area contributed by atoms with E-state index in [4.69, 9.17) is 15.7 Å². The van der Waals surface area contributed by atoms with Gasteiger partial charge in [0, 0.05) is 12.1 Å². The minimum Gasteiger partial charge on any atom is -0.479 e. The van der Waals surface area contributed by atoms with Crippen LogP contribution in [-0.4, -0.2) is 36.7 Å². The number of benzene rings is 1. The van der Waals surface area contributed by atoms with E-state index in [1.807, 2.05) is 19.2 Å². The lowest BCUT2D eigenvalue weighted by molar-refractivity contribution is 0.130. The van der Waals surface area contributed by atoms with E-state index >= 15 is 0 Å². The summed E-state index contributed by atoms with van der Waals surface area (Å²) in [5.41, 5.74) is 7.15. The number of nitriles is 1.